The van der Waals surface area contributed by atoms with E-state index in [4.69, 9.17) is 15.3 Å². The summed E-state index contributed by atoms with van der Waals surface area (Å²) in [6.45, 7) is 8.46. The van der Waals surface area contributed by atoms with E-state index < -0.39 is 15.9 Å². The number of amidine groups is 1. The summed E-state index contributed by atoms with van der Waals surface area (Å²) < 4.78 is 29.0. The Hall–Kier alpha value is -1.35. The number of hydrogen-bond donors (Lipinski definition) is 1. The van der Waals surface area contributed by atoms with Crippen molar-refractivity contribution >= 4 is 21.6 Å². The number of nitrogens with zero attached hydrogens (tertiary/aromatic N) is 2. The van der Waals surface area contributed by atoms with Crippen molar-refractivity contribution in [2.75, 3.05) is 25.2 Å². The first-order valence-corrected chi connectivity index (χ1v) is 10.8. The van der Waals surface area contributed by atoms with Gasteiger partial charge in [-0.05, 0) is 25.2 Å². The van der Waals surface area contributed by atoms with Crippen molar-refractivity contribution in [1.29, 1.82) is 0 Å². The highest BCUT2D eigenvalue weighted by atomic mass is 32.2. The van der Waals surface area contributed by atoms with Crippen LogP contribution in [0.5, 0.6) is 0 Å². The quantitative estimate of drug-likeness (QED) is 0.422. The molecule has 0 aliphatic carbocycles. The largest absolute Gasteiger partial charge is 0.384 e. The van der Waals surface area contributed by atoms with Crippen LogP contribution >= 0.6 is 0 Å². The van der Waals surface area contributed by atoms with Gasteiger partial charge in [0, 0.05) is 25.6 Å². The number of amides is 1. The smallest absolute Gasteiger partial charge is 0.266 e. The molecule has 0 aromatic carbocycles. The molecule has 26 heavy (non-hydrogen) atoms. The number of nitrogens with two attached hydrogens (primary N) is 1. The summed E-state index contributed by atoms with van der Waals surface area (Å²) in [5.74, 6) is 0.0906. The summed E-state index contributed by atoms with van der Waals surface area (Å²) in [7, 11) is -1.45. The van der Waals surface area contributed by atoms with E-state index in [1.165, 1.54) is 4.90 Å². The van der Waals surface area contributed by atoms with Crippen LogP contribution in [-0.4, -0.2) is 68.5 Å². The highest BCUT2D eigenvalue weighted by molar-refractivity contribution is 7.91. The maximum Gasteiger partial charge on any atom is 0.266 e. The lowest BCUT2D eigenvalue weighted by atomic mass is 9.81. The molecule has 2 aliphatic rings. The van der Waals surface area contributed by atoms with Gasteiger partial charge in [0.1, 0.15) is 5.84 Å². The lowest BCUT2D eigenvalue weighted by Crippen LogP contribution is -2.43. The minimum absolute atomic E-state index is 0.0000420. The van der Waals surface area contributed by atoms with Gasteiger partial charge < -0.3 is 20.2 Å². The van der Waals surface area contributed by atoms with Gasteiger partial charge in [0.25, 0.3) is 5.91 Å². The zero-order chi connectivity index (χ0) is 19.7. The van der Waals surface area contributed by atoms with Crippen LogP contribution in [0.4, 0.5) is 0 Å². The first-order valence-electron chi connectivity index (χ1n) is 9.00. The van der Waals surface area contributed by atoms with E-state index in [0.717, 1.165) is 6.42 Å². The summed E-state index contributed by atoms with van der Waals surface area (Å²) in [6, 6.07) is -0.312. The number of likely N-dealkylation sites (N-methyl/N-ethyl adjacent to an activating group) is 1. The molecule has 9 heteroatoms. The van der Waals surface area contributed by atoms with E-state index in [1.807, 2.05) is 0 Å². The second kappa shape index (κ2) is 7.72. The monoisotopic (exact) mass is 389 g/mol. The van der Waals surface area contributed by atoms with Gasteiger partial charge in [0.05, 0.1) is 17.6 Å². The van der Waals surface area contributed by atoms with Crippen LogP contribution < -0.4 is 5.73 Å². The second-order valence-corrected chi connectivity index (χ2v) is 10.6. The Kier molecular flexibility index (Phi) is 6.22. The fourth-order valence-electron chi connectivity index (χ4n) is 3.55. The Morgan fingerprint density at radius 2 is 2.00 bits per heavy atom. The van der Waals surface area contributed by atoms with Crippen molar-refractivity contribution in [2.45, 2.75) is 58.8 Å². The predicted molar refractivity (Wildman–Crippen MR) is 99.3 cm³/mol. The van der Waals surface area contributed by atoms with Crippen molar-refractivity contribution in [3.63, 3.8) is 0 Å². The normalized spacial score (nSPS) is 30.2. The van der Waals surface area contributed by atoms with Crippen LogP contribution in [0, 0.1) is 11.3 Å². The average molecular weight is 390 g/mol. The molecule has 4 atom stereocenters. The molecule has 8 nitrogen and oxygen atoms in total. The van der Waals surface area contributed by atoms with Crippen LogP contribution in [-0.2, 0) is 24.2 Å². The zero-order valence-electron chi connectivity index (χ0n) is 16.3. The fraction of sp³-hybridized carbons (Fsp3) is 0.882. The van der Waals surface area contributed by atoms with Gasteiger partial charge in [-0.2, -0.15) is 0 Å². The summed E-state index contributed by atoms with van der Waals surface area (Å²) in [4.78, 5) is 19.3. The molecule has 1 amide bonds. The zero-order valence-corrected chi connectivity index (χ0v) is 17.1. The first-order chi connectivity index (χ1) is 11.9. The average Bonchev–Trinajstić information content (AvgIpc) is 3.16. The third-order valence-corrected chi connectivity index (χ3v) is 6.84. The number of hydrogen-bond acceptors (Lipinski definition) is 6. The van der Waals surface area contributed by atoms with Crippen molar-refractivity contribution < 1.29 is 22.8 Å². The van der Waals surface area contributed by atoms with E-state index in [2.05, 4.69) is 25.9 Å². The Morgan fingerprint density at radius 3 is 2.54 bits per heavy atom. The minimum Gasteiger partial charge on any atom is -0.384 e. The number of oxime groups is 1. The SMILES string of the molecule is C[C@H](O/N=C(/N)[C@H]1CCO[C@@H]1C(C)(C)C)C(=O)N(C)[C@H]1CCS(=O)(=O)C1. The number of carbonyl (C=O) groups excluding carboxylic acids is 1. The maximum atomic E-state index is 12.5. The van der Waals surface area contributed by atoms with Crippen LogP contribution in [0.1, 0.15) is 40.5 Å². The standard InChI is InChI=1S/C17H31N3O5S/c1-11(16(21)20(5)12-7-9-26(22,23)10-12)25-19-15(18)13-6-8-24-14(13)17(2,3)4/h11-14H,6-10H2,1-5H3,(H2,18,19)/t11-,12-,13-,14-/m0/s1. The molecule has 0 bridgehead atoms. The molecule has 150 valence electrons. The van der Waals surface area contributed by atoms with E-state index >= 15 is 0 Å². The third-order valence-electron chi connectivity index (χ3n) is 5.09. The number of ether oxygens (including phenoxy) is 1. The topological polar surface area (TPSA) is 111 Å². The third kappa shape index (κ3) is 4.88. The summed E-state index contributed by atoms with van der Waals surface area (Å²) in [5, 5.41) is 3.98. The van der Waals surface area contributed by atoms with Crippen LogP contribution in [0.3, 0.4) is 0 Å². The molecule has 0 aromatic heterocycles. The maximum absolute atomic E-state index is 12.5. The molecular formula is C17H31N3O5S. The van der Waals surface area contributed by atoms with Gasteiger partial charge >= 0.3 is 0 Å². The van der Waals surface area contributed by atoms with Gasteiger partial charge in [0.15, 0.2) is 9.84 Å². The summed E-state index contributed by atoms with van der Waals surface area (Å²) in [5.41, 5.74) is 6.02. The number of sulfone groups is 1. The summed E-state index contributed by atoms with van der Waals surface area (Å²) >= 11 is 0. The summed E-state index contributed by atoms with van der Waals surface area (Å²) in [6.07, 6.45) is 0.336. The van der Waals surface area contributed by atoms with Gasteiger partial charge in [-0.15, -0.1) is 0 Å². The molecule has 0 aromatic rings. The molecule has 0 unspecified atom stereocenters. The number of rotatable bonds is 5. The number of carbonyl (C=O) groups is 1. The van der Waals surface area contributed by atoms with Crippen LogP contribution in [0.2, 0.25) is 0 Å². The van der Waals surface area contributed by atoms with Gasteiger partial charge in [-0.3, -0.25) is 4.79 Å². The Bertz CT molecular complexity index is 656. The van der Waals surface area contributed by atoms with Crippen LogP contribution in [0.25, 0.3) is 0 Å². The highest BCUT2D eigenvalue weighted by Gasteiger charge is 2.40. The molecule has 0 spiro atoms. The molecule has 0 radical (unpaired) electrons. The van der Waals surface area contributed by atoms with E-state index in [9.17, 15) is 13.2 Å². The van der Waals surface area contributed by atoms with Gasteiger partial charge in [-0.25, -0.2) is 8.42 Å². The van der Waals surface area contributed by atoms with Crippen molar-refractivity contribution in [3.05, 3.63) is 0 Å². The van der Waals surface area contributed by atoms with Crippen molar-refractivity contribution in [3.8, 4) is 0 Å². The molecule has 2 heterocycles. The van der Waals surface area contributed by atoms with Gasteiger partial charge in [0.2, 0.25) is 6.10 Å². The lowest BCUT2D eigenvalue weighted by Gasteiger charge is -2.30. The lowest BCUT2D eigenvalue weighted by molar-refractivity contribution is -0.143. The minimum atomic E-state index is -3.05. The Balaban J connectivity index is 1.95. The molecule has 2 rings (SSSR count). The molecular weight excluding hydrogens is 358 g/mol. The Morgan fingerprint density at radius 1 is 1.35 bits per heavy atom. The molecule has 2 aliphatic heterocycles. The van der Waals surface area contributed by atoms with Gasteiger partial charge in [-0.1, -0.05) is 25.9 Å². The van der Waals surface area contributed by atoms with Crippen molar-refractivity contribution in [2.24, 2.45) is 22.2 Å². The van der Waals surface area contributed by atoms with Crippen molar-refractivity contribution in [1.82, 2.24) is 4.90 Å². The highest BCUT2D eigenvalue weighted by Crippen LogP contribution is 2.34. The molecule has 2 fully saturated rings. The van der Waals surface area contributed by atoms with E-state index in [1.54, 1.807) is 14.0 Å². The fourth-order valence-corrected chi connectivity index (χ4v) is 5.32. The van der Waals surface area contributed by atoms with E-state index in [-0.39, 0.29) is 40.9 Å². The molecule has 2 N–H and O–H groups in total. The predicted octanol–water partition coefficient (Wildman–Crippen LogP) is 0.760. The Labute approximate surface area is 156 Å². The molecule has 2 saturated heterocycles. The van der Waals surface area contributed by atoms with Crippen LogP contribution in [0.15, 0.2) is 5.16 Å². The second-order valence-electron chi connectivity index (χ2n) is 8.32. The molecule has 0 saturated carbocycles. The first kappa shape index (κ1) is 21.0. The van der Waals surface area contributed by atoms with E-state index in [0.29, 0.717) is 18.9 Å².